The smallest absolute Gasteiger partial charge is 0.244 e. The van der Waals surface area contributed by atoms with Crippen molar-refractivity contribution in [3.8, 4) is 11.5 Å². The molecule has 3 aromatic rings. The van der Waals surface area contributed by atoms with Crippen molar-refractivity contribution in [3.63, 3.8) is 0 Å². The molecule has 1 heterocycles. The van der Waals surface area contributed by atoms with E-state index in [2.05, 4.69) is 4.72 Å². The van der Waals surface area contributed by atoms with Crippen LogP contribution < -0.4 is 19.2 Å². The number of rotatable bonds is 8. The fourth-order valence-electron chi connectivity index (χ4n) is 3.76. The van der Waals surface area contributed by atoms with E-state index in [0.29, 0.717) is 38.6 Å². The molecule has 1 N–H and O–H groups in total. The van der Waals surface area contributed by atoms with Crippen molar-refractivity contribution in [2.45, 2.75) is 17.4 Å². The average Bonchev–Trinajstić information content (AvgIpc) is 3.27. The molecule has 1 aliphatic rings. The van der Waals surface area contributed by atoms with E-state index in [-0.39, 0.29) is 23.2 Å². The van der Waals surface area contributed by atoms with Crippen LogP contribution in [0.2, 0.25) is 15.1 Å². The first-order valence-corrected chi connectivity index (χ1v) is 13.1. The van der Waals surface area contributed by atoms with E-state index in [4.69, 9.17) is 49.4 Å². The van der Waals surface area contributed by atoms with E-state index in [1.165, 1.54) is 20.3 Å². The van der Waals surface area contributed by atoms with Gasteiger partial charge in [-0.1, -0.05) is 46.9 Å². The number of anilines is 1. The van der Waals surface area contributed by atoms with Gasteiger partial charge >= 0.3 is 0 Å². The van der Waals surface area contributed by atoms with Gasteiger partial charge in [-0.3, -0.25) is 5.01 Å². The molecule has 4 rings (SSSR count). The molecule has 0 saturated carbocycles. The number of benzene rings is 3. The molecule has 0 aliphatic carbocycles. The molecule has 1 aliphatic heterocycles. The van der Waals surface area contributed by atoms with Gasteiger partial charge in [0.2, 0.25) is 10.0 Å². The topological polar surface area (TPSA) is 80.2 Å². The van der Waals surface area contributed by atoms with Gasteiger partial charge in [0.15, 0.2) is 0 Å². The summed E-state index contributed by atoms with van der Waals surface area (Å²) in [7, 11) is -1.05. The van der Waals surface area contributed by atoms with Crippen LogP contribution in [-0.2, 0) is 10.0 Å². The molecular formula is C24H22Cl3N3O4S. The molecule has 3 aromatic carbocycles. The molecule has 184 valence electrons. The number of methoxy groups -OCH3 is 2. The van der Waals surface area contributed by atoms with Gasteiger partial charge in [0.05, 0.1) is 43.2 Å². The minimum absolute atomic E-state index is 0.00546. The Morgan fingerprint density at radius 1 is 0.971 bits per heavy atom. The van der Waals surface area contributed by atoms with Crippen molar-refractivity contribution < 1.29 is 17.9 Å². The molecule has 1 atom stereocenters. The molecule has 0 aromatic heterocycles. The molecular weight excluding hydrogens is 533 g/mol. The van der Waals surface area contributed by atoms with Crippen LogP contribution >= 0.6 is 34.8 Å². The van der Waals surface area contributed by atoms with E-state index in [0.717, 1.165) is 5.56 Å². The number of nitrogens with one attached hydrogen (secondary N) is 1. The van der Waals surface area contributed by atoms with Crippen molar-refractivity contribution in [1.82, 2.24) is 4.72 Å². The Morgan fingerprint density at radius 3 is 2.34 bits per heavy atom. The van der Waals surface area contributed by atoms with Gasteiger partial charge in [-0.2, -0.15) is 5.10 Å². The first-order chi connectivity index (χ1) is 16.7. The fourth-order valence-corrected chi connectivity index (χ4v) is 5.58. The maximum absolute atomic E-state index is 13.1. The predicted molar refractivity (Wildman–Crippen MR) is 140 cm³/mol. The van der Waals surface area contributed by atoms with Gasteiger partial charge in [0.1, 0.15) is 16.4 Å². The third-order valence-electron chi connectivity index (χ3n) is 5.51. The van der Waals surface area contributed by atoms with Gasteiger partial charge in [-0.15, -0.1) is 0 Å². The zero-order chi connectivity index (χ0) is 25.2. The van der Waals surface area contributed by atoms with Crippen molar-refractivity contribution in [1.29, 1.82) is 0 Å². The van der Waals surface area contributed by atoms with Gasteiger partial charge in [0, 0.05) is 22.5 Å². The number of nitrogens with zero attached hydrogens (tertiary/aromatic N) is 2. The molecule has 0 saturated heterocycles. The van der Waals surface area contributed by atoms with E-state index in [1.807, 2.05) is 12.1 Å². The maximum atomic E-state index is 13.1. The predicted octanol–water partition coefficient (Wildman–Crippen LogP) is 5.95. The summed E-state index contributed by atoms with van der Waals surface area (Å²) in [6.07, 6.45) is 0.471. The second-order valence-electron chi connectivity index (χ2n) is 7.72. The molecule has 7 nitrogen and oxygen atoms in total. The van der Waals surface area contributed by atoms with E-state index in [9.17, 15) is 8.42 Å². The summed E-state index contributed by atoms with van der Waals surface area (Å²) in [4.78, 5) is -0.0233. The zero-order valence-electron chi connectivity index (χ0n) is 18.8. The number of ether oxygens (including phenoxy) is 2. The van der Waals surface area contributed by atoms with Gasteiger partial charge in [-0.05, 0) is 48.0 Å². The van der Waals surface area contributed by atoms with Crippen LogP contribution in [-0.4, -0.2) is 34.9 Å². The monoisotopic (exact) mass is 553 g/mol. The number of hydrogen-bond acceptors (Lipinski definition) is 6. The highest BCUT2D eigenvalue weighted by atomic mass is 35.5. The van der Waals surface area contributed by atoms with Crippen LogP contribution in [0.5, 0.6) is 11.5 Å². The summed E-state index contributed by atoms with van der Waals surface area (Å²) in [5.74, 6) is 0.607. The lowest BCUT2D eigenvalue weighted by Crippen LogP contribution is -2.29. The standard InChI is InChI=1S/C24H22Cl3N3O4S/c1-33-19-8-10-23(34-2)24(13-19)35(31,32)28-14-18-12-22(15-3-5-16(25)6-4-15)30(29-18)21-9-7-17(26)11-20(21)27/h3-11,13,22,28H,12,14H2,1-2H3. The van der Waals surface area contributed by atoms with Gasteiger partial charge < -0.3 is 9.47 Å². The summed E-state index contributed by atoms with van der Waals surface area (Å²) in [5, 5.41) is 8.04. The molecule has 0 radical (unpaired) electrons. The van der Waals surface area contributed by atoms with Gasteiger partial charge in [-0.25, -0.2) is 13.1 Å². The van der Waals surface area contributed by atoms with Crippen LogP contribution in [0.1, 0.15) is 18.0 Å². The molecule has 1 unspecified atom stereocenters. The number of halogens is 3. The van der Waals surface area contributed by atoms with Crippen LogP contribution in [0.4, 0.5) is 5.69 Å². The number of hydrazone groups is 1. The molecule has 11 heteroatoms. The van der Waals surface area contributed by atoms with Crippen LogP contribution in [0.3, 0.4) is 0 Å². The average molecular weight is 555 g/mol. The minimum Gasteiger partial charge on any atom is -0.497 e. The zero-order valence-corrected chi connectivity index (χ0v) is 21.9. The largest absolute Gasteiger partial charge is 0.497 e. The first kappa shape index (κ1) is 25.6. The third-order valence-corrected chi connectivity index (χ3v) is 7.72. The summed E-state index contributed by atoms with van der Waals surface area (Å²) in [5.41, 5.74) is 2.24. The van der Waals surface area contributed by atoms with Gasteiger partial charge in [0.25, 0.3) is 0 Å². The van der Waals surface area contributed by atoms with E-state index < -0.39 is 10.0 Å². The van der Waals surface area contributed by atoms with E-state index >= 15 is 0 Å². The Morgan fingerprint density at radius 2 is 1.69 bits per heavy atom. The Bertz CT molecular complexity index is 1360. The van der Waals surface area contributed by atoms with Crippen LogP contribution in [0, 0.1) is 0 Å². The number of sulfonamides is 1. The second kappa shape index (κ2) is 10.6. The first-order valence-electron chi connectivity index (χ1n) is 10.5. The number of hydrogen-bond donors (Lipinski definition) is 1. The van der Waals surface area contributed by atoms with Crippen molar-refractivity contribution in [3.05, 3.63) is 81.3 Å². The highest BCUT2D eigenvalue weighted by Gasteiger charge is 2.31. The lowest BCUT2D eigenvalue weighted by molar-refractivity contribution is 0.392. The summed E-state index contributed by atoms with van der Waals surface area (Å²) >= 11 is 18.6. The second-order valence-corrected chi connectivity index (χ2v) is 10.7. The van der Waals surface area contributed by atoms with Crippen molar-refractivity contribution >= 4 is 56.2 Å². The Kier molecular flexibility index (Phi) is 7.78. The highest BCUT2D eigenvalue weighted by Crippen LogP contribution is 2.40. The minimum atomic E-state index is -3.92. The maximum Gasteiger partial charge on any atom is 0.244 e. The summed E-state index contributed by atoms with van der Waals surface area (Å²) in [6, 6.07) is 16.9. The Balaban J connectivity index is 1.63. The SMILES string of the molecule is COc1ccc(OC)c(S(=O)(=O)NCC2=NN(c3ccc(Cl)cc3Cl)C(c3ccc(Cl)cc3)C2)c1. The summed E-state index contributed by atoms with van der Waals surface area (Å²) in [6.45, 7) is -0.00546. The Hall–Kier alpha value is -2.49. The highest BCUT2D eigenvalue weighted by molar-refractivity contribution is 7.89. The van der Waals surface area contributed by atoms with Crippen LogP contribution in [0.25, 0.3) is 0 Å². The summed E-state index contributed by atoms with van der Waals surface area (Å²) < 4.78 is 39.2. The fraction of sp³-hybridized carbons (Fsp3) is 0.208. The van der Waals surface area contributed by atoms with Crippen molar-refractivity contribution in [2.75, 3.05) is 25.8 Å². The normalized spacial score (nSPS) is 15.7. The molecule has 0 spiro atoms. The van der Waals surface area contributed by atoms with Crippen molar-refractivity contribution in [2.24, 2.45) is 5.10 Å². The van der Waals surface area contributed by atoms with E-state index in [1.54, 1.807) is 47.5 Å². The lowest BCUT2D eigenvalue weighted by Gasteiger charge is -2.25. The molecule has 0 bridgehead atoms. The molecule has 0 fully saturated rings. The molecule has 35 heavy (non-hydrogen) atoms. The third kappa shape index (κ3) is 5.68. The Labute approximate surface area is 219 Å². The molecule has 0 amide bonds. The quantitative estimate of drug-likeness (QED) is 0.372. The van der Waals surface area contributed by atoms with Crippen LogP contribution in [0.15, 0.2) is 70.7 Å². The lowest BCUT2D eigenvalue weighted by atomic mass is 10.0.